The molecule has 1 amide bonds. The molecule has 1 atom stereocenters. The molecule has 2 heterocycles. The molecule has 0 saturated carbocycles. The molecule has 0 radical (unpaired) electrons. The van der Waals surface area contributed by atoms with Gasteiger partial charge in [0.1, 0.15) is 5.01 Å². The van der Waals surface area contributed by atoms with Gasteiger partial charge in [0.15, 0.2) is 0 Å². The summed E-state index contributed by atoms with van der Waals surface area (Å²) in [5.41, 5.74) is 1.08. The molecule has 1 aliphatic rings. The molecule has 1 aromatic heterocycles. The van der Waals surface area contributed by atoms with Crippen LogP contribution in [0.3, 0.4) is 0 Å². The Kier molecular flexibility index (Phi) is 6.14. The Morgan fingerprint density at radius 2 is 2.14 bits per heavy atom. The second-order valence-electron chi connectivity index (χ2n) is 5.84. The maximum Gasteiger partial charge on any atom is 0.227 e. The summed E-state index contributed by atoms with van der Waals surface area (Å²) >= 11 is 1.58. The summed E-state index contributed by atoms with van der Waals surface area (Å²) in [6.45, 7) is 9.48. The molecule has 118 valence electrons. The van der Waals surface area contributed by atoms with Crippen LogP contribution < -0.4 is 5.32 Å². The highest BCUT2D eigenvalue weighted by Gasteiger charge is 2.17. The summed E-state index contributed by atoms with van der Waals surface area (Å²) < 4.78 is 0. The Bertz CT molecular complexity index is 454. The van der Waals surface area contributed by atoms with Crippen LogP contribution in [0.1, 0.15) is 24.5 Å². The number of aromatic nitrogens is 1. The first-order valence-corrected chi connectivity index (χ1v) is 8.58. The van der Waals surface area contributed by atoms with E-state index in [-0.39, 0.29) is 11.9 Å². The highest BCUT2D eigenvalue weighted by atomic mass is 32.1. The predicted molar refractivity (Wildman–Crippen MR) is 86.7 cm³/mol. The largest absolute Gasteiger partial charge is 0.352 e. The highest BCUT2D eigenvalue weighted by Crippen LogP contribution is 2.11. The van der Waals surface area contributed by atoms with Crippen molar-refractivity contribution < 1.29 is 4.79 Å². The van der Waals surface area contributed by atoms with Crippen molar-refractivity contribution in [2.45, 2.75) is 32.7 Å². The van der Waals surface area contributed by atoms with Gasteiger partial charge >= 0.3 is 0 Å². The number of carbonyl (C=O) groups is 1. The van der Waals surface area contributed by atoms with Gasteiger partial charge < -0.3 is 10.2 Å². The number of piperazine rings is 1. The zero-order chi connectivity index (χ0) is 15.2. The van der Waals surface area contributed by atoms with E-state index in [2.05, 4.69) is 41.0 Å². The second-order valence-corrected chi connectivity index (χ2v) is 6.78. The first-order valence-electron chi connectivity index (χ1n) is 7.70. The molecular weight excluding hydrogens is 284 g/mol. The molecule has 0 aromatic carbocycles. The maximum atomic E-state index is 12.0. The van der Waals surface area contributed by atoms with Crippen molar-refractivity contribution in [3.63, 3.8) is 0 Å². The molecule has 21 heavy (non-hydrogen) atoms. The van der Waals surface area contributed by atoms with E-state index >= 15 is 0 Å². The number of carbonyl (C=O) groups excluding carboxylic acids is 1. The fraction of sp³-hybridized carbons (Fsp3) is 0.733. The van der Waals surface area contributed by atoms with Gasteiger partial charge in [0.25, 0.3) is 0 Å². The van der Waals surface area contributed by atoms with Crippen LogP contribution in [0.4, 0.5) is 0 Å². The summed E-state index contributed by atoms with van der Waals surface area (Å²) in [4.78, 5) is 21.2. The van der Waals surface area contributed by atoms with Crippen LogP contribution in [0.15, 0.2) is 5.38 Å². The number of amides is 1. The molecule has 1 N–H and O–H groups in total. The average Bonchev–Trinajstić information content (AvgIpc) is 2.88. The number of hydrogen-bond donors (Lipinski definition) is 1. The summed E-state index contributed by atoms with van der Waals surface area (Å²) in [6.07, 6.45) is 1.33. The first-order chi connectivity index (χ1) is 10.1. The van der Waals surface area contributed by atoms with Crippen LogP contribution in [0.2, 0.25) is 0 Å². The van der Waals surface area contributed by atoms with Crippen LogP contribution in [0, 0.1) is 0 Å². The van der Waals surface area contributed by atoms with Crippen LogP contribution in [-0.2, 0) is 17.6 Å². The van der Waals surface area contributed by atoms with E-state index in [1.807, 2.05) is 5.38 Å². The van der Waals surface area contributed by atoms with Gasteiger partial charge in [-0.25, -0.2) is 4.98 Å². The van der Waals surface area contributed by atoms with Crippen molar-refractivity contribution in [1.82, 2.24) is 20.1 Å². The van der Waals surface area contributed by atoms with Crippen LogP contribution in [0.5, 0.6) is 0 Å². The summed E-state index contributed by atoms with van der Waals surface area (Å²) in [5, 5.41) is 6.04. The quantitative estimate of drug-likeness (QED) is 0.852. The minimum Gasteiger partial charge on any atom is -0.352 e. The van der Waals surface area contributed by atoms with E-state index in [1.165, 1.54) is 0 Å². The molecule has 1 fully saturated rings. The van der Waals surface area contributed by atoms with Crippen molar-refractivity contribution in [2.24, 2.45) is 0 Å². The monoisotopic (exact) mass is 310 g/mol. The van der Waals surface area contributed by atoms with Gasteiger partial charge in [-0.15, -0.1) is 11.3 Å². The Morgan fingerprint density at radius 1 is 1.43 bits per heavy atom. The number of hydrogen-bond acceptors (Lipinski definition) is 5. The summed E-state index contributed by atoms with van der Waals surface area (Å²) in [7, 11) is 2.15. The third-order valence-corrected chi connectivity index (χ3v) is 4.71. The molecule has 0 aliphatic carbocycles. The molecule has 1 aromatic rings. The minimum absolute atomic E-state index is 0.0774. The van der Waals surface area contributed by atoms with Crippen LogP contribution >= 0.6 is 11.3 Å². The Morgan fingerprint density at radius 3 is 2.76 bits per heavy atom. The van der Waals surface area contributed by atoms with Crippen molar-refractivity contribution >= 4 is 17.2 Å². The topological polar surface area (TPSA) is 48.5 Å². The van der Waals surface area contributed by atoms with E-state index in [0.717, 1.165) is 49.8 Å². The third-order valence-electron chi connectivity index (χ3n) is 3.81. The average molecular weight is 310 g/mol. The third kappa shape index (κ3) is 5.37. The van der Waals surface area contributed by atoms with E-state index < -0.39 is 0 Å². The van der Waals surface area contributed by atoms with Crippen molar-refractivity contribution in [2.75, 3.05) is 39.8 Å². The second kappa shape index (κ2) is 7.87. The lowest BCUT2D eigenvalue weighted by molar-refractivity contribution is -0.121. The zero-order valence-electron chi connectivity index (χ0n) is 13.3. The Hall–Kier alpha value is -0.980. The fourth-order valence-electron chi connectivity index (χ4n) is 2.52. The molecular formula is C15H26N4OS. The van der Waals surface area contributed by atoms with Crippen LogP contribution in [0.25, 0.3) is 0 Å². The first kappa shape index (κ1) is 16.4. The molecule has 0 bridgehead atoms. The molecule has 0 unspecified atom stereocenters. The summed E-state index contributed by atoms with van der Waals surface area (Å²) in [5.74, 6) is 0.0774. The lowest BCUT2D eigenvalue weighted by Gasteiger charge is -2.34. The normalized spacial score (nSPS) is 18.6. The number of likely N-dealkylation sites (N-methyl/N-ethyl adjacent to an activating group) is 1. The number of nitrogens with zero attached hydrogens (tertiary/aromatic N) is 3. The number of nitrogens with one attached hydrogen (secondary N) is 1. The van der Waals surface area contributed by atoms with Crippen molar-refractivity contribution in [3.05, 3.63) is 16.1 Å². The fourth-order valence-corrected chi connectivity index (χ4v) is 3.39. The van der Waals surface area contributed by atoms with E-state index in [9.17, 15) is 4.79 Å². The van der Waals surface area contributed by atoms with Crippen molar-refractivity contribution in [3.8, 4) is 0 Å². The predicted octanol–water partition coefficient (Wildman–Crippen LogP) is 1.00. The van der Waals surface area contributed by atoms with E-state index in [1.54, 1.807) is 11.3 Å². The Labute approximate surface area is 131 Å². The van der Waals surface area contributed by atoms with Crippen LogP contribution in [-0.4, -0.2) is 66.5 Å². The molecule has 6 heteroatoms. The van der Waals surface area contributed by atoms with E-state index in [0.29, 0.717) is 6.42 Å². The molecule has 2 rings (SSSR count). The van der Waals surface area contributed by atoms with Gasteiger partial charge in [0, 0.05) is 44.1 Å². The lowest BCUT2D eigenvalue weighted by atomic mass is 10.2. The Balaban J connectivity index is 1.71. The molecule has 5 nitrogen and oxygen atoms in total. The highest BCUT2D eigenvalue weighted by molar-refractivity contribution is 7.09. The number of aryl methyl sites for hydroxylation is 1. The van der Waals surface area contributed by atoms with Gasteiger partial charge in [0.05, 0.1) is 12.1 Å². The SMILES string of the molecule is CCc1csc(CC(=O)N[C@@H](C)CN2CCN(C)CC2)n1. The van der Waals surface area contributed by atoms with Gasteiger partial charge in [0.2, 0.25) is 5.91 Å². The molecule has 0 spiro atoms. The molecule has 1 aliphatic heterocycles. The lowest BCUT2D eigenvalue weighted by Crippen LogP contribution is -2.49. The minimum atomic E-state index is 0.0774. The van der Waals surface area contributed by atoms with Gasteiger partial charge in [-0.05, 0) is 20.4 Å². The van der Waals surface area contributed by atoms with E-state index in [4.69, 9.17) is 0 Å². The van der Waals surface area contributed by atoms with Gasteiger partial charge in [-0.1, -0.05) is 6.92 Å². The summed E-state index contributed by atoms with van der Waals surface area (Å²) in [6, 6.07) is 0.187. The smallest absolute Gasteiger partial charge is 0.227 e. The zero-order valence-corrected chi connectivity index (χ0v) is 14.1. The maximum absolute atomic E-state index is 12.0. The van der Waals surface area contributed by atoms with Gasteiger partial charge in [-0.2, -0.15) is 0 Å². The number of thiazole rings is 1. The standard InChI is InChI=1S/C15H26N4OS/c1-4-13-11-21-15(17-13)9-14(20)16-12(2)10-19-7-5-18(3)6-8-19/h11-12H,4-10H2,1-3H3,(H,16,20)/t12-/m0/s1. The number of rotatable bonds is 6. The molecule has 1 saturated heterocycles. The van der Waals surface area contributed by atoms with Gasteiger partial charge in [-0.3, -0.25) is 9.69 Å². The van der Waals surface area contributed by atoms with Crippen molar-refractivity contribution in [1.29, 1.82) is 0 Å².